The Bertz CT molecular complexity index is 3270. The summed E-state index contributed by atoms with van der Waals surface area (Å²) in [7, 11) is 0. The van der Waals surface area contributed by atoms with Gasteiger partial charge in [0, 0.05) is 49.6 Å². The Hall–Kier alpha value is -7.70. The van der Waals surface area contributed by atoms with E-state index >= 15 is 0 Å². The zero-order valence-corrected chi connectivity index (χ0v) is 31.0. The van der Waals surface area contributed by atoms with Crippen molar-refractivity contribution in [3.63, 3.8) is 0 Å². The van der Waals surface area contributed by atoms with Crippen molar-refractivity contribution in [2.24, 2.45) is 0 Å². The van der Waals surface area contributed by atoms with Crippen molar-refractivity contribution in [1.82, 2.24) is 19.1 Å². The van der Waals surface area contributed by atoms with Crippen LogP contribution >= 0.6 is 0 Å². The first kappa shape index (κ1) is 33.6. The molecule has 11 rings (SSSR count). The topological polar surface area (TPSA) is 35.6 Å². The molecule has 6 heteroatoms. The molecule has 0 fully saturated rings. The van der Waals surface area contributed by atoms with Gasteiger partial charge in [0.05, 0.1) is 33.5 Å². The number of halogens is 2. The molecule has 3 heterocycles. The van der Waals surface area contributed by atoms with E-state index in [9.17, 15) is 8.78 Å². The minimum atomic E-state index is -0.324. The lowest BCUT2D eigenvalue weighted by atomic mass is 10.00. The Morgan fingerprint density at radius 1 is 0.310 bits per heavy atom. The average Bonchev–Trinajstić information content (AvgIpc) is 3.79. The number of nitrogens with zero attached hydrogens (tertiary/aromatic N) is 4. The normalized spacial score (nSPS) is 11.6. The molecule has 11 aromatic rings. The van der Waals surface area contributed by atoms with Crippen molar-refractivity contribution in [2.75, 3.05) is 0 Å². The van der Waals surface area contributed by atoms with Gasteiger partial charge in [-0.15, -0.1) is 0 Å². The van der Waals surface area contributed by atoms with Gasteiger partial charge in [0.15, 0.2) is 5.82 Å². The lowest BCUT2D eigenvalue weighted by molar-refractivity contribution is 0.627. The summed E-state index contributed by atoms with van der Waals surface area (Å²) in [6.45, 7) is 0. The Balaban J connectivity index is 1.11. The van der Waals surface area contributed by atoms with Crippen LogP contribution < -0.4 is 0 Å². The summed E-state index contributed by atoms with van der Waals surface area (Å²) in [4.78, 5) is 10.0. The molecule has 0 aliphatic carbocycles. The van der Waals surface area contributed by atoms with Gasteiger partial charge in [0.1, 0.15) is 11.6 Å². The van der Waals surface area contributed by atoms with Gasteiger partial charge in [-0.3, -0.25) is 0 Å². The van der Waals surface area contributed by atoms with Crippen LogP contribution in [0.25, 0.3) is 100 Å². The summed E-state index contributed by atoms with van der Waals surface area (Å²) in [5, 5.41) is 4.55. The van der Waals surface area contributed by atoms with Crippen molar-refractivity contribution in [3.8, 4) is 56.4 Å². The van der Waals surface area contributed by atoms with E-state index in [1.54, 1.807) is 24.3 Å². The molecule has 0 aliphatic heterocycles. The molecule has 58 heavy (non-hydrogen) atoms. The molecule has 0 radical (unpaired) electrons. The summed E-state index contributed by atoms with van der Waals surface area (Å²) in [6.07, 6.45) is 0. The maximum Gasteiger partial charge on any atom is 0.160 e. The van der Waals surface area contributed by atoms with E-state index in [1.165, 1.54) is 40.6 Å². The van der Waals surface area contributed by atoms with Crippen molar-refractivity contribution in [3.05, 3.63) is 206 Å². The zero-order chi connectivity index (χ0) is 38.7. The first-order chi connectivity index (χ1) is 28.6. The average molecular weight is 751 g/mol. The monoisotopic (exact) mass is 750 g/mol. The van der Waals surface area contributed by atoms with Crippen molar-refractivity contribution in [2.45, 2.75) is 0 Å². The van der Waals surface area contributed by atoms with Gasteiger partial charge in [-0.2, -0.15) is 0 Å². The van der Waals surface area contributed by atoms with Crippen molar-refractivity contribution in [1.29, 1.82) is 0 Å². The molecular formula is C52H32F2N4. The summed E-state index contributed by atoms with van der Waals surface area (Å²) in [5.41, 5.74) is 12.5. The fraction of sp³-hybridized carbons (Fsp3) is 0. The van der Waals surface area contributed by atoms with Gasteiger partial charge < -0.3 is 9.13 Å². The van der Waals surface area contributed by atoms with Gasteiger partial charge in [-0.05, 0) is 139 Å². The standard InChI is InChI=1S/C52H32F2N4/c53-38-22-15-33(16-23-38)46-32-47(34-17-24-39(54)25-18-34)56-52(55-46)37-21-28-51-45(31-37)44-30-36(20-27-50(44)58(51)41-11-5-2-6-12-41)35-19-26-49-43(29-35)42-13-7-8-14-48(42)57(49)40-9-3-1-4-10-40/h1-32H. The Morgan fingerprint density at radius 3 is 1.19 bits per heavy atom. The second kappa shape index (κ2) is 13.5. The maximum absolute atomic E-state index is 14.0. The highest BCUT2D eigenvalue weighted by atomic mass is 19.1. The van der Waals surface area contributed by atoms with Crippen LogP contribution in [-0.4, -0.2) is 19.1 Å². The molecule has 3 aromatic heterocycles. The minimum Gasteiger partial charge on any atom is -0.309 e. The van der Waals surface area contributed by atoms with E-state index in [1.807, 2.05) is 18.2 Å². The third kappa shape index (κ3) is 5.65. The van der Waals surface area contributed by atoms with Gasteiger partial charge in [-0.25, -0.2) is 18.7 Å². The molecule has 0 unspecified atom stereocenters. The van der Waals surface area contributed by atoms with E-state index in [-0.39, 0.29) is 11.6 Å². The third-order valence-corrected chi connectivity index (χ3v) is 11.1. The summed E-state index contributed by atoms with van der Waals surface area (Å²) in [5.74, 6) is -0.134. The molecule has 274 valence electrons. The Kier molecular flexibility index (Phi) is 7.83. The molecule has 0 bridgehead atoms. The van der Waals surface area contributed by atoms with Crippen LogP contribution in [0.1, 0.15) is 0 Å². The maximum atomic E-state index is 14.0. The number of para-hydroxylation sites is 3. The van der Waals surface area contributed by atoms with Crippen LogP contribution in [0.2, 0.25) is 0 Å². The van der Waals surface area contributed by atoms with Gasteiger partial charge in [0.2, 0.25) is 0 Å². The highest BCUT2D eigenvalue weighted by molar-refractivity contribution is 6.13. The minimum absolute atomic E-state index is 0.324. The third-order valence-electron chi connectivity index (χ3n) is 11.1. The molecule has 4 nitrogen and oxygen atoms in total. The quantitative estimate of drug-likeness (QED) is 0.170. The highest BCUT2D eigenvalue weighted by Gasteiger charge is 2.18. The van der Waals surface area contributed by atoms with E-state index in [0.29, 0.717) is 17.2 Å². The van der Waals surface area contributed by atoms with Crippen LogP contribution in [0.3, 0.4) is 0 Å². The molecule has 0 saturated carbocycles. The molecular weight excluding hydrogens is 719 g/mol. The van der Waals surface area contributed by atoms with Crippen LogP contribution in [0.15, 0.2) is 194 Å². The van der Waals surface area contributed by atoms with Gasteiger partial charge in [-0.1, -0.05) is 66.7 Å². The Morgan fingerprint density at radius 2 is 0.690 bits per heavy atom. The number of benzene rings is 8. The predicted octanol–water partition coefficient (Wildman–Crippen LogP) is 13.6. The van der Waals surface area contributed by atoms with Crippen LogP contribution in [-0.2, 0) is 0 Å². The molecule has 0 atom stereocenters. The highest BCUT2D eigenvalue weighted by Crippen LogP contribution is 2.39. The fourth-order valence-corrected chi connectivity index (χ4v) is 8.32. The van der Waals surface area contributed by atoms with E-state index in [0.717, 1.165) is 66.5 Å². The molecule has 0 saturated heterocycles. The first-order valence-corrected chi connectivity index (χ1v) is 19.2. The summed E-state index contributed by atoms with van der Waals surface area (Å²) < 4.78 is 32.6. The molecule has 8 aromatic carbocycles. The Labute approximate surface area is 332 Å². The fourth-order valence-electron chi connectivity index (χ4n) is 8.32. The number of rotatable bonds is 6. The van der Waals surface area contributed by atoms with Crippen LogP contribution in [0.4, 0.5) is 8.78 Å². The van der Waals surface area contributed by atoms with Crippen LogP contribution in [0, 0.1) is 11.6 Å². The van der Waals surface area contributed by atoms with Crippen molar-refractivity contribution >= 4 is 43.6 Å². The smallest absolute Gasteiger partial charge is 0.160 e. The van der Waals surface area contributed by atoms with Gasteiger partial charge in [0.25, 0.3) is 0 Å². The lowest BCUT2D eigenvalue weighted by Crippen LogP contribution is -1.96. The largest absolute Gasteiger partial charge is 0.309 e. The predicted molar refractivity (Wildman–Crippen MR) is 232 cm³/mol. The second-order valence-corrected chi connectivity index (χ2v) is 14.5. The van der Waals surface area contributed by atoms with Gasteiger partial charge >= 0.3 is 0 Å². The second-order valence-electron chi connectivity index (χ2n) is 14.5. The van der Waals surface area contributed by atoms with E-state index < -0.39 is 0 Å². The molecule has 0 amide bonds. The number of aromatic nitrogens is 4. The lowest BCUT2D eigenvalue weighted by Gasteiger charge is -2.10. The number of hydrogen-bond donors (Lipinski definition) is 0. The summed E-state index contributed by atoms with van der Waals surface area (Å²) >= 11 is 0. The number of hydrogen-bond acceptors (Lipinski definition) is 2. The van der Waals surface area contributed by atoms with E-state index in [2.05, 4.69) is 137 Å². The summed E-state index contributed by atoms with van der Waals surface area (Å²) in [6, 6.07) is 63.7. The molecule has 0 N–H and O–H groups in total. The number of fused-ring (bicyclic) bond motifs is 6. The molecule has 0 spiro atoms. The SMILES string of the molecule is Fc1ccc(-c2cc(-c3ccc(F)cc3)nc(-c3ccc4c(c3)c3cc(-c5ccc6c(c5)c5ccccc5n6-c5ccccc5)ccc3n4-c3ccccc3)n2)cc1. The first-order valence-electron chi connectivity index (χ1n) is 19.2. The van der Waals surface area contributed by atoms with Crippen LogP contribution in [0.5, 0.6) is 0 Å². The molecule has 0 aliphatic rings. The zero-order valence-electron chi connectivity index (χ0n) is 31.0. The van der Waals surface area contributed by atoms with Crippen molar-refractivity contribution < 1.29 is 8.78 Å². The van der Waals surface area contributed by atoms with E-state index in [4.69, 9.17) is 9.97 Å².